The van der Waals surface area contributed by atoms with Gasteiger partial charge in [0.25, 0.3) is 0 Å². The maximum Gasteiger partial charge on any atom is 0.460 e. The number of alkyl halides is 7. The van der Waals surface area contributed by atoms with E-state index in [1.807, 2.05) is 0 Å². The molecule has 0 aliphatic carbocycles. The molecular weight excluding hydrogens is 369 g/mol. The van der Waals surface area contributed by atoms with Gasteiger partial charge < -0.3 is 4.74 Å². The highest BCUT2D eigenvalue weighted by Crippen LogP contribution is 2.47. The molecule has 0 unspecified atom stereocenters. The van der Waals surface area contributed by atoms with Crippen LogP contribution in [0.15, 0.2) is 60.7 Å². The van der Waals surface area contributed by atoms with E-state index in [1.54, 1.807) is 12.1 Å². The van der Waals surface area contributed by atoms with Crippen LogP contribution in [0, 0.1) is 0 Å². The number of hydrogen-bond acceptors (Lipinski definition) is 2. The van der Waals surface area contributed by atoms with E-state index in [4.69, 9.17) is 0 Å². The standard InChI is InChI=1S/C17H11F7O2/c18-15(19,16(20,21)17(22,23)24)14(25)26-13(11-7-3-1-4-8-11)12-9-5-2-6-10-12/h1-10,13H. The van der Waals surface area contributed by atoms with Crippen molar-refractivity contribution in [3.63, 3.8) is 0 Å². The summed E-state index contributed by atoms with van der Waals surface area (Å²) >= 11 is 0. The van der Waals surface area contributed by atoms with Gasteiger partial charge in [0.15, 0.2) is 6.10 Å². The highest BCUT2D eigenvalue weighted by Gasteiger charge is 2.77. The maximum absolute atomic E-state index is 13.5. The van der Waals surface area contributed by atoms with Gasteiger partial charge in [-0.2, -0.15) is 30.7 Å². The first-order valence-corrected chi connectivity index (χ1v) is 7.12. The molecule has 2 aromatic carbocycles. The Hall–Kier alpha value is -2.58. The fraction of sp³-hybridized carbons (Fsp3) is 0.235. The lowest BCUT2D eigenvalue weighted by atomic mass is 10.0. The first-order chi connectivity index (χ1) is 12.0. The molecule has 2 nitrogen and oxygen atoms in total. The van der Waals surface area contributed by atoms with Crippen molar-refractivity contribution in [2.45, 2.75) is 24.1 Å². The number of carbonyl (C=O) groups is 1. The zero-order valence-corrected chi connectivity index (χ0v) is 12.8. The zero-order chi connectivity index (χ0) is 19.6. The molecule has 0 atom stereocenters. The number of esters is 1. The zero-order valence-electron chi connectivity index (χ0n) is 12.8. The Morgan fingerprint density at radius 3 is 1.46 bits per heavy atom. The Morgan fingerprint density at radius 2 is 1.12 bits per heavy atom. The molecule has 0 aliphatic rings. The largest absolute Gasteiger partial charge is 0.460 e. The molecule has 0 fully saturated rings. The molecule has 0 spiro atoms. The maximum atomic E-state index is 13.5. The molecule has 0 saturated heterocycles. The number of rotatable bonds is 5. The third-order valence-electron chi connectivity index (χ3n) is 3.44. The Balaban J connectivity index is 2.39. The molecule has 2 aromatic rings. The number of hydrogen-bond donors (Lipinski definition) is 0. The summed E-state index contributed by atoms with van der Waals surface area (Å²) in [5.74, 6) is -15.6. The molecular formula is C17H11F7O2. The Kier molecular flexibility index (Phi) is 5.29. The smallest absolute Gasteiger partial charge is 0.448 e. The van der Waals surface area contributed by atoms with Crippen LogP contribution in [0.4, 0.5) is 30.7 Å². The molecule has 26 heavy (non-hydrogen) atoms. The minimum atomic E-state index is -6.62. The number of benzene rings is 2. The normalized spacial score (nSPS) is 12.9. The molecule has 0 saturated carbocycles. The van der Waals surface area contributed by atoms with Crippen molar-refractivity contribution >= 4 is 5.97 Å². The summed E-state index contributed by atoms with van der Waals surface area (Å²) in [4.78, 5) is 11.6. The summed E-state index contributed by atoms with van der Waals surface area (Å²) in [6.45, 7) is 0. The van der Waals surface area contributed by atoms with Crippen LogP contribution in [0.3, 0.4) is 0 Å². The minimum absolute atomic E-state index is 0.123. The lowest BCUT2D eigenvalue weighted by Crippen LogP contribution is -2.56. The van der Waals surface area contributed by atoms with Crippen molar-refractivity contribution in [3.05, 3.63) is 71.8 Å². The Bertz CT molecular complexity index is 703. The van der Waals surface area contributed by atoms with E-state index in [0.29, 0.717) is 0 Å². The first kappa shape index (κ1) is 19.7. The van der Waals surface area contributed by atoms with Gasteiger partial charge >= 0.3 is 24.0 Å². The molecule has 0 amide bonds. The molecule has 0 aliphatic heterocycles. The lowest BCUT2D eigenvalue weighted by molar-refractivity contribution is -0.348. The average Bonchev–Trinajstić information content (AvgIpc) is 2.59. The molecule has 9 heteroatoms. The van der Waals surface area contributed by atoms with Crippen LogP contribution < -0.4 is 0 Å². The molecule has 0 bridgehead atoms. The fourth-order valence-corrected chi connectivity index (χ4v) is 2.07. The minimum Gasteiger partial charge on any atom is -0.448 e. The molecule has 0 radical (unpaired) electrons. The van der Waals surface area contributed by atoms with Crippen LogP contribution >= 0.6 is 0 Å². The van der Waals surface area contributed by atoms with Crippen LogP contribution in [0.1, 0.15) is 17.2 Å². The van der Waals surface area contributed by atoms with E-state index >= 15 is 0 Å². The van der Waals surface area contributed by atoms with Crippen LogP contribution in [0.2, 0.25) is 0 Å². The number of carbonyl (C=O) groups excluding carboxylic acids is 1. The lowest BCUT2D eigenvalue weighted by Gasteiger charge is -2.28. The average molecular weight is 380 g/mol. The Morgan fingerprint density at radius 1 is 0.731 bits per heavy atom. The van der Waals surface area contributed by atoms with Gasteiger partial charge in [0.1, 0.15) is 0 Å². The van der Waals surface area contributed by atoms with Crippen molar-refractivity contribution in [1.29, 1.82) is 0 Å². The van der Waals surface area contributed by atoms with Gasteiger partial charge in [0.2, 0.25) is 0 Å². The molecule has 0 heterocycles. The van der Waals surface area contributed by atoms with Gasteiger partial charge in [-0.3, -0.25) is 0 Å². The predicted octanol–water partition coefficient (Wildman–Crippen LogP) is 5.15. The highest BCUT2D eigenvalue weighted by molar-refractivity contribution is 5.79. The molecule has 0 N–H and O–H groups in total. The topological polar surface area (TPSA) is 26.3 Å². The van der Waals surface area contributed by atoms with Crippen molar-refractivity contribution in [2.75, 3.05) is 0 Å². The monoisotopic (exact) mass is 380 g/mol. The van der Waals surface area contributed by atoms with Gasteiger partial charge in [-0.15, -0.1) is 0 Å². The van der Waals surface area contributed by atoms with Crippen molar-refractivity contribution in [3.8, 4) is 0 Å². The third kappa shape index (κ3) is 3.66. The van der Waals surface area contributed by atoms with Gasteiger partial charge in [-0.05, 0) is 11.1 Å². The summed E-state index contributed by atoms with van der Waals surface area (Å²) in [6.07, 6.45) is -8.20. The number of ether oxygens (including phenoxy) is 1. The first-order valence-electron chi connectivity index (χ1n) is 7.12. The second-order valence-electron chi connectivity index (χ2n) is 5.25. The van der Waals surface area contributed by atoms with Gasteiger partial charge in [-0.25, -0.2) is 4.79 Å². The predicted molar refractivity (Wildman–Crippen MR) is 76.8 cm³/mol. The summed E-state index contributed by atoms with van der Waals surface area (Å²) < 4.78 is 94.3. The van der Waals surface area contributed by atoms with Crippen molar-refractivity contribution in [1.82, 2.24) is 0 Å². The molecule has 2 rings (SSSR count). The van der Waals surface area contributed by atoms with Gasteiger partial charge in [0, 0.05) is 0 Å². The molecule has 0 aromatic heterocycles. The van der Waals surface area contributed by atoms with Crippen LogP contribution in [0.25, 0.3) is 0 Å². The highest BCUT2D eigenvalue weighted by atomic mass is 19.4. The van der Waals surface area contributed by atoms with Gasteiger partial charge in [0.05, 0.1) is 0 Å². The Labute approximate surface area is 143 Å². The second kappa shape index (κ2) is 6.97. The summed E-state index contributed by atoms with van der Waals surface area (Å²) in [5.41, 5.74) is 0.247. The fourth-order valence-electron chi connectivity index (χ4n) is 2.07. The van der Waals surface area contributed by atoms with Crippen molar-refractivity contribution < 1.29 is 40.3 Å². The van der Waals surface area contributed by atoms with E-state index in [-0.39, 0.29) is 11.1 Å². The van der Waals surface area contributed by atoms with Crippen molar-refractivity contribution in [2.24, 2.45) is 0 Å². The van der Waals surface area contributed by atoms with Crippen LogP contribution in [0.5, 0.6) is 0 Å². The van der Waals surface area contributed by atoms with E-state index in [1.165, 1.54) is 48.5 Å². The van der Waals surface area contributed by atoms with E-state index < -0.39 is 30.1 Å². The van der Waals surface area contributed by atoms with E-state index in [2.05, 4.69) is 4.74 Å². The second-order valence-corrected chi connectivity index (χ2v) is 5.25. The number of halogens is 7. The molecule has 140 valence electrons. The third-order valence-corrected chi connectivity index (χ3v) is 3.44. The van der Waals surface area contributed by atoms with E-state index in [0.717, 1.165) is 0 Å². The summed E-state index contributed by atoms with van der Waals surface area (Å²) in [6, 6.07) is 14.4. The quantitative estimate of drug-likeness (QED) is 0.530. The van der Waals surface area contributed by atoms with Crippen LogP contribution in [-0.4, -0.2) is 24.0 Å². The van der Waals surface area contributed by atoms with E-state index in [9.17, 15) is 35.5 Å². The summed E-state index contributed by atoms with van der Waals surface area (Å²) in [7, 11) is 0. The van der Waals surface area contributed by atoms with Gasteiger partial charge in [-0.1, -0.05) is 60.7 Å². The van der Waals surface area contributed by atoms with Crippen LogP contribution in [-0.2, 0) is 9.53 Å². The summed E-state index contributed by atoms with van der Waals surface area (Å²) in [5, 5.41) is 0. The SMILES string of the molecule is O=C(OC(c1ccccc1)c1ccccc1)C(F)(F)C(F)(F)C(F)(F)F.